The summed E-state index contributed by atoms with van der Waals surface area (Å²) in [6.45, 7) is 1.15. The minimum absolute atomic E-state index is 0.0811. The third-order valence-electron chi connectivity index (χ3n) is 4.41. The number of nitrogens with one attached hydrogen (secondary N) is 2. The average Bonchev–Trinajstić information content (AvgIpc) is 3.09. The highest BCUT2D eigenvalue weighted by atomic mass is 32.1. The minimum Gasteiger partial charge on any atom is -0.389 e. The standard InChI is InChI=1S/C14H22N4O2S/c19-11(9-14(20)5-1-2-6-14)15-7-8-18-12(10-3-4-10)16-17-13(18)21/h10,20H,1-9H2,(H,15,19)(H,17,21). The number of aliphatic hydroxyl groups is 1. The van der Waals surface area contributed by atoms with Gasteiger partial charge in [0.15, 0.2) is 4.77 Å². The maximum absolute atomic E-state index is 11.9. The van der Waals surface area contributed by atoms with Crippen LogP contribution in [0.5, 0.6) is 0 Å². The van der Waals surface area contributed by atoms with Crippen LogP contribution in [0.4, 0.5) is 0 Å². The lowest BCUT2D eigenvalue weighted by Crippen LogP contribution is -2.36. The van der Waals surface area contributed by atoms with Crippen molar-refractivity contribution in [1.29, 1.82) is 0 Å². The Kier molecular flexibility index (Phi) is 4.12. The molecule has 2 saturated carbocycles. The van der Waals surface area contributed by atoms with Gasteiger partial charge >= 0.3 is 0 Å². The summed E-state index contributed by atoms with van der Waals surface area (Å²) in [4.78, 5) is 11.9. The summed E-state index contributed by atoms with van der Waals surface area (Å²) < 4.78 is 2.58. The summed E-state index contributed by atoms with van der Waals surface area (Å²) in [5.41, 5.74) is -0.783. The molecule has 1 aromatic heterocycles. The van der Waals surface area contributed by atoms with E-state index in [9.17, 15) is 9.90 Å². The summed E-state index contributed by atoms with van der Waals surface area (Å²) in [6.07, 6.45) is 6.03. The van der Waals surface area contributed by atoms with Crippen LogP contribution in [-0.2, 0) is 11.3 Å². The Morgan fingerprint density at radius 1 is 1.48 bits per heavy atom. The molecule has 2 fully saturated rings. The number of aromatic nitrogens is 3. The number of carbonyl (C=O) groups is 1. The van der Waals surface area contributed by atoms with Gasteiger partial charge in [0.25, 0.3) is 0 Å². The van der Waals surface area contributed by atoms with Crippen LogP contribution in [0, 0.1) is 4.77 Å². The summed E-state index contributed by atoms with van der Waals surface area (Å²) >= 11 is 5.22. The minimum atomic E-state index is -0.783. The van der Waals surface area contributed by atoms with E-state index in [1.807, 2.05) is 4.57 Å². The molecule has 0 aliphatic heterocycles. The third-order valence-corrected chi connectivity index (χ3v) is 4.72. The molecule has 0 aromatic carbocycles. The van der Waals surface area contributed by atoms with Crippen molar-refractivity contribution in [1.82, 2.24) is 20.1 Å². The second kappa shape index (κ2) is 5.88. The smallest absolute Gasteiger partial charge is 0.222 e. The highest BCUT2D eigenvalue weighted by Crippen LogP contribution is 2.38. The zero-order chi connectivity index (χ0) is 14.9. The van der Waals surface area contributed by atoms with E-state index < -0.39 is 5.60 Å². The molecule has 1 heterocycles. The van der Waals surface area contributed by atoms with Crippen molar-refractivity contribution < 1.29 is 9.90 Å². The lowest BCUT2D eigenvalue weighted by Gasteiger charge is -2.21. The number of rotatable bonds is 6. The zero-order valence-corrected chi connectivity index (χ0v) is 12.9. The molecule has 0 atom stereocenters. The van der Waals surface area contributed by atoms with Gasteiger partial charge in [-0.25, -0.2) is 0 Å². The molecular weight excluding hydrogens is 288 g/mol. The number of nitrogens with zero attached hydrogens (tertiary/aromatic N) is 2. The summed E-state index contributed by atoms with van der Waals surface area (Å²) in [6, 6.07) is 0. The van der Waals surface area contributed by atoms with E-state index in [0.717, 1.165) is 31.5 Å². The first-order valence-corrected chi connectivity index (χ1v) is 8.12. The quantitative estimate of drug-likeness (QED) is 0.697. The van der Waals surface area contributed by atoms with Crippen molar-refractivity contribution >= 4 is 18.1 Å². The fraction of sp³-hybridized carbons (Fsp3) is 0.786. The monoisotopic (exact) mass is 310 g/mol. The normalized spacial score (nSPS) is 20.6. The van der Waals surface area contributed by atoms with E-state index in [-0.39, 0.29) is 12.3 Å². The van der Waals surface area contributed by atoms with Crippen LogP contribution >= 0.6 is 12.2 Å². The highest BCUT2D eigenvalue weighted by Gasteiger charge is 2.33. The first kappa shape index (κ1) is 14.7. The topological polar surface area (TPSA) is 82.9 Å². The Labute approximate surface area is 128 Å². The van der Waals surface area contributed by atoms with Crippen LogP contribution < -0.4 is 5.32 Å². The predicted molar refractivity (Wildman–Crippen MR) is 80.4 cm³/mol. The van der Waals surface area contributed by atoms with Gasteiger partial charge in [-0.2, -0.15) is 5.10 Å². The van der Waals surface area contributed by atoms with Crippen LogP contribution in [0.2, 0.25) is 0 Å². The van der Waals surface area contributed by atoms with Gasteiger partial charge in [-0.15, -0.1) is 0 Å². The molecular formula is C14H22N4O2S. The van der Waals surface area contributed by atoms with Gasteiger partial charge in [-0.3, -0.25) is 9.89 Å². The fourth-order valence-corrected chi connectivity index (χ4v) is 3.31. The summed E-state index contributed by atoms with van der Waals surface area (Å²) in [5, 5.41) is 20.2. The molecule has 0 unspecified atom stereocenters. The van der Waals surface area contributed by atoms with Crippen molar-refractivity contribution in [2.75, 3.05) is 6.54 Å². The van der Waals surface area contributed by atoms with Crippen LogP contribution in [0.1, 0.15) is 56.7 Å². The Balaban J connectivity index is 1.48. The van der Waals surface area contributed by atoms with Crippen molar-refractivity contribution in [2.45, 2.75) is 63.0 Å². The van der Waals surface area contributed by atoms with Gasteiger partial charge in [-0.05, 0) is 37.9 Å². The molecule has 2 aliphatic carbocycles. The van der Waals surface area contributed by atoms with E-state index in [1.165, 1.54) is 12.8 Å². The van der Waals surface area contributed by atoms with Gasteiger partial charge in [0, 0.05) is 19.0 Å². The molecule has 116 valence electrons. The summed E-state index contributed by atoms with van der Waals surface area (Å²) in [7, 11) is 0. The molecule has 0 saturated heterocycles. The largest absolute Gasteiger partial charge is 0.389 e. The predicted octanol–water partition coefficient (Wildman–Crippen LogP) is 1.63. The number of hydrogen-bond donors (Lipinski definition) is 3. The molecule has 7 heteroatoms. The number of H-pyrrole nitrogens is 1. The molecule has 3 N–H and O–H groups in total. The second-order valence-electron chi connectivity index (χ2n) is 6.27. The lowest BCUT2D eigenvalue weighted by atomic mass is 9.98. The third kappa shape index (κ3) is 3.52. The van der Waals surface area contributed by atoms with Gasteiger partial charge in [0.1, 0.15) is 5.82 Å². The Morgan fingerprint density at radius 3 is 2.86 bits per heavy atom. The second-order valence-corrected chi connectivity index (χ2v) is 6.66. The van der Waals surface area contributed by atoms with Crippen LogP contribution in [0.3, 0.4) is 0 Å². The lowest BCUT2D eigenvalue weighted by molar-refractivity contribution is -0.125. The molecule has 0 spiro atoms. The average molecular weight is 310 g/mol. The molecule has 1 aromatic rings. The van der Waals surface area contributed by atoms with E-state index >= 15 is 0 Å². The van der Waals surface area contributed by atoms with E-state index in [2.05, 4.69) is 15.5 Å². The van der Waals surface area contributed by atoms with Crippen molar-refractivity contribution in [3.05, 3.63) is 10.6 Å². The van der Waals surface area contributed by atoms with Crippen molar-refractivity contribution in [2.24, 2.45) is 0 Å². The zero-order valence-electron chi connectivity index (χ0n) is 12.1. The van der Waals surface area contributed by atoms with Crippen molar-refractivity contribution in [3.63, 3.8) is 0 Å². The molecule has 0 radical (unpaired) electrons. The maximum Gasteiger partial charge on any atom is 0.222 e. The molecule has 3 rings (SSSR count). The van der Waals surface area contributed by atoms with Gasteiger partial charge < -0.3 is 15.0 Å². The first-order chi connectivity index (χ1) is 10.1. The number of amides is 1. The maximum atomic E-state index is 11.9. The van der Waals surface area contributed by atoms with E-state index in [1.54, 1.807) is 0 Å². The van der Waals surface area contributed by atoms with Crippen LogP contribution in [0.15, 0.2) is 0 Å². The van der Waals surface area contributed by atoms with Gasteiger partial charge in [-0.1, -0.05) is 12.8 Å². The fourth-order valence-electron chi connectivity index (χ4n) is 3.08. The molecule has 1 amide bonds. The summed E-state index contributed by atoms with van der Waals surface area (Å²) in [5.74, 6) is 1.44. The molecule has 2 aliphatic rings. The number of aromatic amines is 1. The van der Waals surface area contributed by atoms with Crippen LogP contribution in [-0.4, -0.2) is 37.9 Å². The van der Waals surface area contributed by atoms with Crippen molar-refractivity contribution in [3.8, 4) is 0 Å². The molecule has 0 bridgehead atoms. The Hall–Kier alpha value is -1.21. The van der Waals surface area contributed by atoms with E-state index in [4.69, 9.17) is 12.2 Å². The number of carbonyl (C=O) groups excluding carboxylic acids is 1. The SMILES string of the molecule is O=C(CC1(O)CCCC1)NCCn1c(C2CC2)n[nH]c1=S. The first-order valence-electron chi connectivity index (χ1n) is 7.72. The van der Waals surface area contributed by atoms with Gasteiger partial charge in [0.05, 0.1) is 12.0 Å². The molecule has 21 heavy (non-hydrogen) atoms. The number of hydrogen-bond acceptors (Lipinski definition) is 4. The van der Waals surface area contributed by atoms with Crippen LogP contribution in [0.25, 0.3) is 0 Å². The Morgan fingerprint density at radius 2 is 2.19 bits per heavy atom. The Bertz CT molecular complexity index is 570. The highest BCUT2D eigenvalue weighted by molar-refractivity contribution is 7.71. The van der Waals surface area contributed by atoms with Gasteiger partial charge in [0.2, 0.25) is 5.91 Å². The van der Waals surface area contributed by atoms with E-state index in [0.29, 0.717) is 23.8 Å². The molecule has 6 nitrogen and oxygen atoms in total.